The van der Waals surface area contributed by atoms with Crippen molar-refractivity contribution >= 4 is 28.8 Å². The van der Waals surface area contributed by atoms with Crippen LogP contribution >= 0.6 is 0 Å². The Balaban J connectivity index is 1.56. The third-order valence-electron chi connectivity index (χ3n) is 9.36. The summed E-state index contributed by atoms with van der Waals surface area (Å²) in [5, 5.41) is 2.78. The van der Waals surface area contributed by atoms with E-state index >= 15 is 8.78 Å². The molecule has 3 heterocycles. The maximum Gasteiger partial charge on any atom is 0.408 e. The summed E-state index contributed by atoms with van der Waals surface area (Å²) in [6, 6.07) is 2.78. The standard InChI is InChI=1S/C33H44F2N4O7/c1-18-25-17-39(26(18)19(2)40)30(41)28(32(3,4)5)38-31(42)46-24-9-7-8-20(24)12-14-44-15-13-33(34,35)27-29(45-25)37-23-16-21(43-6)10-11-22(23)36-27/h10-11,16,18,20,24-26,28H,7-9,12-15,17H2,1-6H3,(H,38,42)/t18-,20+,24-,25+,26+,28-/m1/s1. The zero-order valence-corrected chi connectivity index (χ0v) is 27.3. The molecule has 2 fully saturated rings. The Hall–Kier alpha value is -3.61. The monoisotopic (exact) mass is 646 g/mol. The van der Waals surface area contributed by atoms with E-state index in [-0.39, 0.29) is 54.5 Å². The number of methoxy groups -OCH3 is 1. The van der Waals surface area contributed by atoms with Gasteiger partial charge < -0.3 is 29.2 Å². The zero-order chi connectivity index (χ0) is 33.4. The van der Waals surface area contributed by atoms with Crippen molar-refractivity contribution in [2.24, 2.45) is 17.3 Å². The van der Waals surface area contributed by atoms with Gasteiger partial charge in [0.25, 0.3) is 5.92 Å². The maximum absolute atomic E-state index is 15.9. The number of amides is 2. The molecule has 1 aromatic carbocycles. The molecule has 3 aliphatic rings. The molecule has 2 bridgehead atoms. The molecule has 0 radical (unpaired) electrons. The molecular formula is C33H44F2N4O7. The number of ether oxygens (including phenoxy) is 4. The molecule has 2 aliphatic heterocycles. The molecule has 0 unspecified atom stereocenters. The number of carbonyl (C=O) groups excluding carboxylic acids is 3. The van der Waals surface area contributed by atoms with Crippen molar-refractivity contribution in [2.75, 3.05) is 26.9 Å². The van der Waals surface area contributed by atoms with Gasteiger partial charge in [0.15, 0.2) is 11.5 Å². The molecule has 1 N–H and O–H groups in total. The summed E-state index contributed by atoms with van der Waals surface area (Å²) in [6.45, 7) is 8.42. The van der Waals surface area contributed by atoms with Crippen molar-refractivity contribution in [1.82, 2.24) is 20.2 Å². The molecule has 1 saturated carbocycles. The lowest BCUT2D eigenvalue weighted by molar-refractivity contribution is -0.141. The van der Waals surface area contributed by atoms with Gasteiger partial charge in [0.05, 0.1) is 37.3 Å². The second kappa shape index (κ2) is 13.2. The second-order valence-corrected chi connectivity index (χ2v) is 13.7. The fourth-order valence-electron chi connectivity index (χ4n) is 6.78. The minimum absolute atomic E-state index is 0.00256. The van der Waals surface area contributed by atoms with Gasteiger partial charge in [-0.05, 0) is 56.1 Å². The molecule has 252 valence electrons. The summed E-state index contributed by atoms with van der Waals surface area (Å²) in [5.41, 5.74) is -0.880. The first kappa shape index (κ1) is 33.7. The predicted molar refractivity (Wildman–Crippen MR) is 164 cm³/mol. The van der Waals surface area contributed by atoms with E-state index < -0.39 is 59.6 Å². The number of benzene rings is 1. The van der Waals surface area contributed by atoms with E-state index in [4.69, 9.17) is 18.9 Å². The van der Waals surface area contributed by atoms with Crippen molar-refractivity contribution in [3.8, 4) is 11.6 Å². The number of nitrogens with zero attached hydrogens (tertiary/aromatic N) is 3. The van der Waals surface area contributed by atoms with Crippen LogP contribution < -0.4 is 14.8 Å². The number of fused-ring (bicyclic) bond motifs is 5. The average Bonchev–Trinajstić information content (AvgIpc) is 3.56. The molecule has 1 aliphatic carbocycles. The number of ketones is 1. The van der Waals surface area contributed by atoms with Crippen molar-refractivity contribution in [3.05, 3.63) is 23.9 Å². The van der Waals surface area contributed by atoms with E-state index in [0.717, 1.165) is 12.8 Å². The predicted octanol–water partition coefficient (Wildman–Crippen LogP) is 5.03. The highest BCUT2D eigenvalue weighted by Crippen LogP contribution is 2.40. The van der Waals surface area contributed by atoms with Crippen molar-refractivity contribution in [3.63, 3.8) is 0 Å². The lowest BCUT2D eigenvalue weighted by Crippen LogP contribution is -2.57. The minimum atomic E-state index is -3.47. The van der Waals surface area contributed by atoms with Crippen LogP contribution in [0.3, 0.4) is 0 Å². The summed E-state index contributed by atoms with van der Waals surface area (Å²) >= 11 is 0. The van der Waals surface area contributed by atoms with Gasteiger partial charge in [-0.1, -0.05) is 27.7 Å². The number of hydrogen-bond donors (Lipinski definition) is 1. The third kappa shape index (κ3) is 7.03. The molecule has 11 nitrogen and oxygen atoms in total. The smallest absolute Gasteiger partial charge is 0.408 e. The number of carbonyl (C=O) groups is 3. The van der Waals surface area contributed by atoms with Crippen LogP contribution in [0.1, 0.15) is 72.4 Å². The Bertz CT molecular complexity index is 1470. The van der Waals surface area contributed by atoms with E-state index in [1.165, 1.54) is 18.9 Å². The number of alkyl carbamates (subject to hydrolysis) is 1. The van der Waals surface area contributed by atoms with Crippen LogP contribution in [0, 0.1) is 17.3 Å². The Labute approximate surface area is 267 Å². The Morgan fingerprint density at radius 1 is 1.07 bits per heavy atom. The summed E-state index contributed by atoms with van der Waals surface area (Å²) in [6.07, 6.45) is 0.214. The highest BCUT2D eigenvalue weighted by atomic mass is 19.3. The van der Waals surface area contributed by atoms with Gasteiger partial charge in [0.2, 0.25) is 11.8 Å². The SMILES string of the molecule is COc1ccc2nc3c(nc2c1)O[C@H]1CN(C(=O)[C@H](C(C)(C)C)NC(=O)O[C@@H]2CCC[C@H]2CCOCCC3(F)F)[C@H](C(C)=O)[C@@H]1C. The number of aromatic nitrogens is 2. The van der Waals surface area contributed by atoms with Gasteiger partial charge in [0, 0.05) is 25.0 Å². The van der Waals surface area contributed by atoms with Crippen LogP contribution in [0.2, 0.25) is 0 Å². The summed E-state index contributed by atoms with van der Waals surface area (Å²) in [5.74, 6) is -4.77. The average molecular weight is 647 g/mol. The van der Waals surface area contributed by atoms with Crippen LogP contribution in [-0.4, -0.2) is 83.8 Å². The first-order valence-electron chi connectivity index (χ1n) is 16.0. The van der Waals surface area contributed by atoms with Gasteiger partial charge >= 0.3 is 6.09 Å². The van der Waals surface area contributed by atoms with Crippen molar-refractivity contribution in [1.29, 1.82) is 0 Å². The molecule has 46 heavy (non-hydrogen) atoms. The summed E-state index contributed by atoms with van der Waals surface area (Å²) in [4.78, 5) is 50.5. The zero-order valence-electron chi connectivity index (χ0n) is 27.3. The van der Waals surface area contributed by atoms with E-state index in [1.807, 2.05) is 20.8 Å². The lowest BCUT2D eigenvalue weighted by atomic mass is 9.85. The minimum Gasteiger partial charge on any atom is -0.497 e. The van der Waals surface area contributed by atoms with Crippen molar-refractivity contribution in [2.45, 2.75) is 96.9 Å². The van der Waals surface area contributed by atoms with Crippen LogP contribution in [0.5, 0.6) is 11.6 Å². The fourth-order valence-corrected chi connectivity index (χ4v) is 6.78. The van der Waals surface area contributed by atoms with E-state index in [0.29, 0.717) is 18.6 Å². The molecule has 13 heteroatoms. The lowest BCUT2D eigenvalue weighted by Gasteiger charge is -2.35. The number of hydrogen-bond acceptors (Lipinski definition) is 9. The van der Waals surface area contributed by atoms with Gasteiger partial charge in [-0.15, -0.1) is 0 Å². The van der Waals surface area contributed by atoms with E-state index in [2.05, 4.69) is 15.3 Å². The summed E-state index contributed by atoms with van der Waals surface area (Å²) in [7, 11) is 1.48. The molecule has 6 atom stereocenters. The summed E-state index contributed by atoms with van der Waals surface area (Å²) < 4.78 is 54.8. The van der Waals surface area contributed by atoms with Crippen LogP contribution in [0.25, 0.3) is 11.0 Å². The molecule has 1 saturated heterocycles. The number of alkyl halides is 2. The second-order valence-electron chi connectivity index (χ2n) is 13.7. The van der Waals surface area contributed by atoms with Gasteiger partial charge in [0.1, 0.15) is 24.0 Å². The van der Waals surface area contributed by atoms with Gasteiger partial charge in [-0.2, -0.15) is 8.78 Å². The topological polar surface area (TPSA) is 129 Å². The maximum atomic E-state index is 15.9. The fraction of sp³-hybridized carbons (Fsp3) is 0.667. The van der Waals surface area contributed by atoms with Gasteiger partial charge in [-0.25, -0.2) is 14.8 Å². The van der Waals surface area contributed by atoms with Crippen LogP contribution in [0.15, 0.2) is 18.2 Å². The van der Waals surface area contributed by atoms with E-state index in [1.54, 1.807) is 25.1 Å². The normalized spacial score (nSPS) is 29.3. The number of rotatable bonds is 2. The Morgan fingerprint density at radius 2 is 1.83 bits per heavy atom. The first-order valence-corrected chi connectivity index (χ1v) is 16.0. The molecule has 2 aromatic rings. The van der Waals surface area contributed by atoms with Crippen molar-refractivity contribution < 1.29 is 42.1 Å². The number of nitrogens with one attached hydrogen (secondary N) is 1. The Morgan fingerprint density at radius 3 is 2.52 bits per heavy atom. The van der Waals surface area contributed by atoms with Crippen LogP contribution in [0.4, 0.5) is 13.6 Å². The largest absolute Gasteiger partial charge is 0.497 e. The quantitative estimate of drug-likeness (QED) is 0.478. The van der Waals surface area contributed by atoms with E-state index in [9.17, 15) is 14.4 Å². The number of Topliss-reactive ketones (excluding diaryl/α,β-unsaturated/α-hetero) is 1. The highest BCUT2D eigenvalue weighted by Gasteiger charge is 2.50. The molecule has 5 rings (SSSR count). The molecular weight excluding hydrogens is 602 g/mol. The number of halogens is 2. The molecule has 1 aromatic heterocycles. The van der Waals surface area contributed by atoms with Gasteiger partial charge in [-0.3, -0.25) is 9.59 Å². The third-order valence-corrected chi connectivity index (χ3v) is 9.36. The Kier molecular flexibility index (Phi) is 9.72. The molecule has 0 spiro atoms. The highest BCUT2D eigenvalue weighted by molar-refractivity contribution is 5.92. The first-order chi connectivity index (χ1) is 21.7. The van der Waals surface area contributed by atoms with Crippen LogP contribution in [-0.2, 0) is 25.0 Å². The molecule has 2 amide bonds.